The number of rotatable bonds is 3. The van der Waals surface area contributed by atoms with Gasteiger partial charge in [-0.25, -0.2) is 0 Å². The van der Waals surface area contributed by atoms with Crippen LogP contribution in [0.5, 0.6) is 0 Å². The zero-order valence-electron chi connectivity index (χ0n) is 12.1. The van der Waals surface area contributed by atoms with E-state index in [1.807, 2.05) is 12.1 Å². The molecule has 0 bridgehead atoms. The Morgan fingerprint density at radius 1 is 1.24 bits per heavy atom. The van der Waals surface area contributed by atoms with Crippen molar-refractivity contribution in [2.24, 2.45) is 0 Å². The average Bonchev–Trinajstić information content (AvgIpc) is 2.47. The van der Waals surface area contributed by atoms with Gasteiger partial charge in [0, 0.05) is 21.6 Å². The first-order valence-electron chi connectivity index (χ1n) is 7.44. The summed E-state index contributed by atoms with van der Waals surface area (Å²) in [6.45, 7) is 2.19. The highest BCUT2D eigenvalue weighted by molar-refractivity contribution is 9.10. The molecule has 1 N–H and O–H groups in total. The average molecular weight is 365 g/mol. The summed E-state index contributed by atoms with van der Waals surface area (Å²) in [5.41, 5.74) is 4.09. The fourth-order valence-electron chi connectivity index (χ4n) is 3.17. The molecular formula is C18H19BrClN. The van der Waals surface area contributed by atoms with Crippen molar-refractivity contribution >= 4 is 27.5 Å². The third-order valence-electron chi connectivity index (χ3n) is 4.25. The van der Waals surface area contributed by atoms with Crippen LogP contribution in [0.2, 0.25) is 5.02 Å². The van der Waals surface area contributed by atoms with Gasteiger partial charge in [-0.05, 0) is 55.0 Å². The Morgan fingerprint density at radius 2 is 2.05 bits per heavy atom. The van der Waals surface area contributed by atoms with E-state index in [1.165, 1.54) is 30.4 Å². The highest BCUT2D eigenvalue weighted by Gasteiger charge is 2.22. The van der Waals surface area contributed by atoms with Gasteiger partial charge in [-0.2, -0.15) is 0 Å². The number of nitrogens with one attached hydrogen (secondary N) is 1. The molecule has 0 fully saturated rings. The molecule has 0 amide bonds. The van der Waals surface area contributed by atoms with Crippen LogP contribution in [0.1, 0.15) is 48.5 Å². The van der Waals surface area contributed by atoms with Crippen molar-refractivity contribution in [3.63, 3.8) is 0 Å². The van der Waals surface area contributed by atoms with E-state index < -0.39 is 0 Å². The van der Waals surface area contributed by atoms with Crippen molar-refractivity contribution in [3.05, 3.63) is 68.7 Å². The maximum absolute atomic E-state index is 6.37. The van der Waals surface area contributed by atoms with Gasteiger partial charge in [-0.15, -0.1) is 0 Å². The summed E-state index contributed by atoms with van der Waals surface area (Å²) in [4.78, 5) is 0. The minimum atomic E-state index is 0.238. The van der Waals surface area contributed by atoms with E-state index in [2.05, 4.69) is 58.5 Å². The first kappa shape index (κ1) is 15.1. The summed E-state index contributed by atoms with van der Waals surface area (Å²) in [7, 11) is 0. The fourth-order valence-corrected chi connectivity index (χ4v) is 4.01. The molecule has 2 unspecified atom stereocenters. The lowest BCUT2D eigenvalue weighted by Gasteiger charge is -2.29. The van der Waals surface area contributed by atoms with Crippen LogP contribution >= 0.6 is 27.5 Å². The van der Waals surface area contributed by atoms with E-state index in [0.717, 1.165) is 15.1 Å². The number of fused-ring (bicyclic) bond motifs is 1. The first-order valence-corrected chi connectivity index (χ1v) is 8.61. The standard InChI is InChI=1S/C18H19BrClN/c1-12(15-10-9-14(19)11-17(15)20)21-18-8-4-6-13-5-2-3-7-16(13)18/h2-3,5,7,9-12,18,21H,4,6,8H2,1H3. The molecular weight excluding hydrogens is 346 g/mol. The normalized spacial score (nSPS) is 19.1. The molecule has 3 heteroatoms. The molecule has 0 aliphatic heterocycles. The van der Waals surface area contributed by atoms with E-state index in [4.69, 9.17) is 11.6 Å². The summed E-state index contributed by atoms with van der Waals surface area (Å²) >= 11 is 9.83. The minimum absolute atomic E-state index is 0.238. The zero-order chi connectivity index (χ0) is 14.8. The van der Waals surface area contributed by atoms with Crippen LogP contribution in [0.4, 0.5) is 0 Å². The van der Waals surface area contributed by atoms with E-state index in [9.17, 15) is 0 Å². The van der Waals surface area contributed by atoms with Crippen LogP contribution in [-0.4, -0.2) is 0 Å². The molecule has 0 aromatic heterocycles. The fraction of sp³-hybridized carbons (Fsp3) is 0.333. The number of hydrogen-bond acceptors (Lipinski definition) is 1. The Bertz CT molecular complexity index is 641. The van der Waals surface area contributed by atoms with Crippen molar-refractivity contribution < 1.29 is 0 Å². The zero-order valence-corrected chi connectivity index (χ0v) is 14.4. The largest absolute Gasteiger partial charge is 0.303 e. The molecule has 110 valence electrons. The lowest BCUT2D eigenvalue weighted by molar-refractivity contribution is 0.415. The highest BCUT2D eigenvalue weighted by Crippen LogP contribution is 2.33. The molecule has 0 spiro atoms. The van der Waals surface area contributed by atoms with Crippen LogP contribution in [0.25, 0.3) is 0 Å². The topological polar surface area (TPSA) is 12.0 Å². The molecule has 3 rings (SSSR count). The lowest BCUT2D eigenvalue weighted by atomic mass is 9.87. The second kappa shape index (κ2) is 6.51. The Morgan fingerprint density at radius 3 is 2.86 bits per heavy atom. The van der Waals surface area contributed by atoms with E-state index in [0.29, 0.717) is 6.04 Å². The monoisotopic (exact) mass is 363 g/mol. The number of hydrogen-bond donors (Lipinski definition) is 1. The van der Waals surface area contributed by atoms with Gasteiger partial charge in [0.15, 0.2) is 0 Å². The van der Waals surface area contributed by atoms with Gasteiger partial charge in [-0.3, -0.25) is 0 Å². The molecule has 0 saturated carbocycles. The molecule has 0 heterocycles. The highest BCUT2D eigenvalue weighted by atomic mass is 79.9. The Labute approximate surface area is 139 Å². The Kier molecular flexibility index (Phi) is 4.68. The predicted octanol–water partition coefficient (Wildman–Crippen LogP) is 5.83. The molecule has 1 aliphatic rings. The van der Waals surface area contributed by atoms with E-state index in [1.54, 1.807) is 0 Å². The second-order valence-electron chi connectivity index (χ2n) is 5.70. The molecule has 0 radical (unpaired) electrons. The lowest BCUT2D eigenvalue weighted by Crippen LogP contribution is -2.27. The van der Waals surface area contributed by atoms with E-state index in [-0.39, 0.29) is 6.04 Å². The van der Waals surface area contributed by atoms with Gasteiger partial charge in [0.2, 0.25) is 0 Å². The molecule has 2 atom stereocenters. The smallest absolute Gasteiger partial charge is 0.0464 e. The van der Waals surface area contributed by atoms with Crippen molar-refractivity contribution in [2.75, 3.05) is 0 Å². The Balaban J connectivity index is 1.81. The third-order valence-corrected chi connectivity index (χ3v) is 5.07. The van der Waals surface area contributed by atoms with Crippen LogP contribution < -0.4 is 5.32 Å². The van der Waals surface area contributed by atoms with Crippen LogP contribution in [-0.2, 0) is 6.42 Å². The summed E-state index contributed by atoms with van der Waals surface area (Å²) in [5, 5.41) is 4.57. The quantitative estimate of drug-likeness (QED) is 0.722. The maximum atomic E-state index is 6.37. The van der Waals surface area contributed by atoms with Crippen LogP contribution in [0, 0.1) is 0 Å². The Hall–Kier alpha value is -0.830. The minimum Gasteiger partial charge on any atom is -0.303 e. The van der Waals surface area contributed by atoms with Gasteiger partial charge >= 0.3 is 0 Å². The van der Waals surface area contributed by atoms with Gasteiger partial charge in [0.05, 0.1) is 0 Å². The molecule has 2 aromatic carbocycles. The summed E-state index contributed by atoms with van der Waals surface area (Å²) in [6.07, 6.45) is 3.63. The molecule has 2 aromatic rings. The van der Waals surface area contributed by atoms with Gasteiger partial charge < -0.3 is 5.32 Å². The summed E-state index contributed by atoms with van der Waals surface area (Å²) in [6, 6.07) is 15.5. The predicted molar refractivity (Wildman–Crippen MR) is 92.8 cm³/mol. The summed E-state index contributed by atoms with van der Waals surface area (Å²) in [5.74, 6) is 0. The number of halogens is 2. The van der Waals surface area contributed by atoms with Crippen molar-refractivity contribution in [1.29, 1.82) is 0 Å². The third kappa shape index (κ3) is 3.33. The molecule has 1 nitrogen and oxygen atoms in total. The second-order valence-corrected chi connectivity index (χ2v) is 7.02. The first-order chi connectivity index (χ1) is 10.1. The van der Waals surface area contributed by atoms with Gasteiger partial charge in [-0.1, -0.05) is 57.9 Å². The molecule has 1 aliphatic carbocycles. The van der Waals surface area contributed by atoms with Crippen LogP contribution in [0.15, 0.2) is 46.9 Å². The van der Waals surface area contributed by atoms with E-state index >= 15 is 0 Å². The number of aryl methyl sites for hydroxylation is 1. The SMILES string of the molecule is CC(NC1CCCc2ccccc21)c1ccc(Br)cc1Cl. The summed E-state index contributed by atoms with van der Waals surface area (Å²) < 4.78 is 1.02. The molecule has 21 heavy (non-hydrogen) atoms. The number of benzene rings is 2. The van der Waals surface area contributed by atoms with Crippen molar-refractivity contribution in [3.8, 4) is 0 Å². The van der Waals surface area contributed by atoms with Gasteiger partial charge in [0.25, 0.3) is 0 Å². The van der Waals surface area contributed by atoms with Crippen LogP contribution in [0.3, 0.4) is 0 Å². The van der Waals surface area contributed by atoms with Crippen molar-refractivity contribution in [2.45, 2.75) is 38.3 Å². The van der Waals surface area contributed by atoms with Crippen molar-refractivity contribution in [1.82, 2.24) is 5.32 Å². The molecule has 0 saturated heterocycles. The maximum Gasteiger partial charge on any atom is 0.0464 e. The van der Waals surface area contributed by atoms with Gasteiger partial charge in [0.1, 0.15) is 0 Å².